The predicted molar refractivity (Wildman–Crippen MR) is 176 cm³/mol. The van der Waals surface area contributed by atoms with Gasteiger partial charge in [0.1, 0.15) is 23.1 Å². The first-order valence-corrected chi connectivity index (χ1v) is 17.3. The molecule has 260 valence electrons. The highest BCUT2D eigenvalue weighted by atomic mass is 35.5. The molecular formula is C33H37ClF5N5O3S. The minimum absolute atomic E-state index is 0.0462. The predicted octanol–water partition coefficient (Wildman–Crippen LogP) is 7.42. The van der Waals surface area contributed by atoms with Gasteiger partial charge in [-0.1, -0.05) is 11.6 Å². The van der Waals surface area contributed by atoms with Crippen LogP contribution in [0.2, 0.25) is 5.02 Å². The number of benzene rings is 2. The lowest BCUT2D eigenvalue weighted by atomic mass is 9.95. The largest absolute Gasteiger partial charge is 0.444 e. The van der Waals surface area contributed by atoms with Gasteiger partial charge in [0.2, 0.25) is 0 Å². The second kappa shape index (κ2) is 12.7. The quantitative estimate of drug-likeness (QED) is 0.207. The van der Waals surface area contributed by atoms with E-state index >= 15 is 17.6 Å². The molecular weight excluding hydrogens is 677 g/mol. The fourth-order valence-electron chi connectivity index (χ4n) is 7.09. The Morgan fingerprint density at radius 3 is 2.25 bits per heavy atom. The van der Waals surface area contributed by atoms with E-state index in [-0.39, 0.29) is 47.3 Å². The molecule has 2 aromatic carbocycles. The summed E-state index contributed by atoms with van der Waals surface area (Å²) >= 11 is 7.13. The Balaban J connectivity index is 1.58. The first kappa shape index (κ1) is 34.8. The summed E-state index contributed by atoms with van der Waals surface area (Å²) in [5.74, 6) is -1.93. The van der Waals surface area contributed by atoms with E-state index in [1.807, 2.05) is 0 Å². The van der Waals surface area contributed by atoms with Crippen molar-refractivity contribution >= 4 is 46.2 Å². The summed E-state index contributed by atoms with van der Waals surface area (Å²) in [6.45, 7) is 11.0. The van der Waals surface area contributed by atoms with Gasteiger partial charge in [0.25, 0.3) is 0 Å². The molecule has 2 saturated heterocycles. The van der Waals surface area contributed by atoms with Crippen LogP contribution in [0.15, 0.2) is 27.9 Å². The molecule has 0 saturated carbocycles. The molecule has 4 heterocycles. The molecule has 3 aliphatic rings. The Labute approximate surface area is 284 Å². The summed E-state index contributed by atoms with van der Waals surface area (Å²) in [7, 11) is 0. The Morgan fingerprint density at radius 1 is 1.00 bits per heavy atom. The molecule has 8 nitrogen and oxygen atoms in total. The van der Waals surface area contributed by atoms with E-state index in [0.717, 1.165) is 49.8 Å². The Kier molecular flexibility index (Phi) is 9.16. The van der Waals surface area contributed by atoms with E-state index in [9.17, 15) is 14.0 Å². The summed E-state index contributed by atoms with van der Waals surface area (Å²) in [4.78, 5) is 37.0. The molecule has 3 atom stereocenters. The lowest BCUT2D eigenvalue weighted by Gasteiger charge is -2.45. The zero-order valence-electron chi connectivity index (χ0n) is 27.3. The number of anilines is 1. The van der Waals surface area contributed by atoms with Gasteiger partial charge in [-0.25, -0.2) is 18.4 Å². The standard InChI is InChI=1S/C33H37ClF5N5O3S/c1-17-13-42(14-18(2)44(17)31(46)47-32(3,4)5)29-21-10-22(33(37,38)39)26(20-11-23(34)25(36)12-24(20)35)28-27(21)43(30(45)40-29)15-19(16-48-28)41-8-6-7-9-41/h10-12,17-19H,6-9,13-16H2,1-5H3/t17-,18+,19-/m0/s1. The third-order valence-electron chi connectivity index (χ3n) is 9.08. The topological polar surface area (TPSA) is 70.9 Å². The van der Waals surface area contributed by atoms with Crippen molar-refractivity contribution in [2.45, 2.75) is 88.8 Å². The highest BCUT2D eigenvalue weighted by molar-refractivity contribution is 7.99. The average Bonchev–Trinajstić information content (AvgIpc) is 3.43. The maximum absolute atomic E-state index is 15.5. The minimum atomic E-state index is -4.97. The van der Waals surface area contributed by atoms with Crippen molar-refractivity contribution in [3.8, 4) is 11.1 Å². The minimum Gasteiger partial charge on any atom is -0.444 e. The van der Waals surface area contributed by atoms with Crippen molar-refractivity contribution in [2.24, 2.45) is 0 Å². The van der Waals surface area contributed by atoms with Crippen molar-refractivity contribution in [1.29, 1.82) is 0 Å². The number of rotatable bonds is 3. The molecule has 3 aromatic rings. The molecule has 0 unspecified atom stereocenters. The van der Waals surface area contributed by atoms with E-state index in [4.69, 9.17) is 16.3 Å². The van der Waals surface area contributed by atoms with Crippen LogP contribution < -0.4 is 10.6 Å². The van der Waals surface area contributed by atoms with Crippen LogP contribution in [0.25, 0.3) is 22.0 Å². The number of likely N-dealkylation sites (tertiary alicyclic amines) is 1. The van der Waals surface area contributed by atoms with Gasteiger partial charge >= 0.3 is 18.0 Å². The number of hydrogen-bond acceptors (Lipinski definition) is 7. The van der Waals surface area contributed by atoms with Crippen LogP contribution in [-0.4, -0.2) is 81.1 Å². The summed E-state index contributed by atoms with van der Waals surface area (Å²) in [5.41, 5.74) is -3.34. The van der Waals surface area contributed by atoms with Gasteiger partial charge in [-0.2, -0.15) is 18.2 Å². The zero-order chi connectivity index (χ0) is 34.9. The Morgan fingerprint density at radius 2 is 1.65 bits per heavy atom. The molecule has 2 fully saturated rings. The number of alkyl halides is 3. The van der Waals surface area contributed by atoms with Gasteiger partial charge in [-0.15, -0.1) is 11.8 Å². The second-order valence-electron chi connectivity index (χ2n) is 13.8. The van der Waals surface area contributed by atoms with Crippen LogP contribution in [0.5, 0.6) is 0 Å². The van der Waals surface area contributed by atoms with Crippen LogP contribution in [0.3, 0.4) is 0 Å². The van der Waals surface area contributed by atoms with E-state index in [1.54, 1.807) is 44.4 Å². The van der Waals surface area contributed by atoms with Gasteiger partial charge in [-0.05, 0) is 72.7 Å². The van der Waals surface area contributed by atoms with Gasteiger partial charge in [0, 0.05) is 58.9 Å². The highest BCUT2D eigenvalue weighted by Gasteiger charge is 2.41. The Bertz CT molecular complexity index is 1810. The van der Waals surface area contributed by atoms with Crippen LogP contribution in [-0.2, 0) is 17.5 Å². The van der Waals surface area contributed by atoms with Crippen LogP contribution >= 0.6 is 23.4 Å². The monoisotopic (exact) mass is 713 g/mol. The average molecular weight is 714 g/mol. The van der Waals surface area contributed by atoms with Gasteiger partial charge in [0.15, 0.2) is 0 Å². The number of ether oxygens (including phenoxy) is 1. The molecule has 6 rings (SSSR count). The number of carbonyl (C=O) groups excluding carboxylic acids is 1. The molecule has 3 aliphatic heterocycles. The molecule has 0 spiro atoms. The maximum atomic E-state index is 15.5. The number of halogens is 6. The highest BCUT2D eigenvalue weighted by Crippen LogP contribution is 2.49. The van der Waals surface area contributed by atoms with E-state index in [0.29, 0.717) is 11.8 Å². The first-order chi connectivity index (χ1) is 22.4. The summed E-state index contributed by atoms with van der Waals surface area (Å²) in [6, 6.07) is 1.18. The molecule has 15 heteroatoms. The lowest BCUT2D eigenvalue weighted by Crippen LogP contribution is -2.59. The molecule has 0 radical (unpaired) electrons. The van der Waals surface area contributed by atoms with Crippen molar-refractivity contribution in [3.05, 3.63) is 50.9 Å². The third kappa shape index (κ3) is 6.47. The fraction of sp³-hybridized carbons (Fsp3) is 0.545. The normalized spacial score (nSPS) is 22.4. The summed E-state index contributed by atoms with van der Waals surface area (Å²) < 4.78 is 81.9. The lowest BCUT2D eigenvalue weighted by molar-refractivity contribution is -0.137. The van der Waals surface area contributed by atoms with Crippen molar-refractivity contribution < 1.29 is 31.5 Å². The number of hydrogen-bond donors (Lipinski definition) is 0. The number of thioether (sulfide) groups is 1. The van der Waals surface area contributed by atoms with E-state index in [1.165, 1.54) is 4.57 Å². The number of piperazine rings is 1. The molecule has 0 aliphatic carbocycles. The van der Waals surface area contributed by atoms with Crippen molar-refractivity contribution in [3.63, 3.8) is 0 Å². The summed E-state index contributed by atoms with van der Waals surface area (Å²) in [5, 5.41) is -0.451. The SMILES string of the molecule is C[C@@H]1CN(c2nc(=O)n3c4c(c(-c5cc(Cl)c(F)cc5F)c(C(F)(F)F)cc24)SC[C@@H](N2CCCC2)C3)C[C@H](C)N1C(=O)OC(C)(C)C. The number of carbonyl (C=O) groups is 1. The molecule has 48 heavy (non-hydrogen) atoms. The van der Waals surface area contributed by atoms with Crippen molar-refractivity contribution in [2.75, 3.05) is 36.8 Å². The maximum Gasteiger partial charge on any atom is 0.417 e. The van der Waals surface area contributed by atoms with Crippen molar-refractivity contribution in [1.82, 2.24) is 19.4 Å². The second-order valence-corrected chi connectivity index (χ2v) is 15.2. The van der Waals surface area contributed by atoms with E-state index in [2.05, 4.69) is 9.88 Å². The number of aromatic nitrogens is 2. The Hall–Kier alpha value is -3.10. The first-order valence-electron chi connectivity index (χ1n) is 15.9. The van der Waals surface area contributed by atoms with Crippen LogP contribution in [0.4, 0.5) is 32.6 Å². The zero-order valence-corrected chi connectivity index (χ0v) is 28.8. The molecule has 0 bridgehead atoms. The van der Waals surface area contributed by atoms with Crippen LogP contribution in [0, 0.1) is 11.6 Å². The van der Waals surface area contributed by atoms with Gasteiger partial charge in [-0.3, -0.25) is 14.4 Å². The number of nitrogens with zero attached hydrogens (tertiary/aromatic N) is 5. The molecule has 0 N–H and O–H groups in total. The number of amides is 1. The smallest absolute Gasteiger partial charge is 0.417 e. The summed E-state index contributed by atoms with van der Waals surface area (Å²) in [6.07, 6.45) is -3.56. The molecule has 1 aromatic heterocycles. The van der Waals surface area contributed by atoms with Crippen LogP contribution in [0.1, 0.15) is 53.0 Å². The molecule has 1 amide bonds. The fourth-order valence-corrected chi connectivity index (χ4v) is 8.65. The van der Waals surface area contributed by atoms with Gasteiger partial charge < -0.3 is 9.64 Å². The third-order valence-corrected chi connectivity index (χ3v) is 10.6. The van der Waals surface area contributed by atoms with Gasteiger partial charge in [0.05, 0.1) is 28.2 Å². The van der Waals surface area contributed by atoms with E-state index < -0.39 is 69.0 Å².